The number of carbonyl (C=O) groups is 1. The van der Waals surface area contributed by atoms with Crippen LogP contribution in [0.4, 0.5) is 0 Å². The molecule has 1 aliphatic rings. The summed E-state index contributed by atoms with van der Waals surface area (Å²) in [6.07, 6.45) is 2.90. The van der Waals surface area contributed by atoms with Gasteiger partial charge >= 0.3 is 5.97 Å². The largest absolute Gasteiger partial charge is 0.469 e. The van der Waals surface area contributed by atoms with Gasteiger partial charge in [-0.05, 0) is 31.5 Å². The summed E-state index contributed by atoms with van der Waals surface area (Å²) in [6.45, 7) is 2.16. The van der Waals surface area contributed by atoms with E-state index in [1.165, 1.54) is 25.5 Å². The zero-order chi connectivity index (χ0) is 12.1. The highest BCUT2D eigenvalue weighted by Crippen LogP contribution is 2.28. The molecule has 92 valence electrons. The second-order valence-corrected chi connectivity index (χ2v) is 4.45. The Hall–Kier alpha value is -1.35. The van der Waals surface area contributed by atoms with E-state index in [4.69, 9.17) is 4.74 Å². The van der Waals surface area contributed by atoms with E-state index >= 15 is 0 Å². The number of esters is 1. The summed E-state index contributed by atoms with van der Waals surface area (Å²) in [7, 11) is 1.45. The number of benzene rings is 1. The summed E-state index contributed by atoms with van der Waals surface area (Å²) >= 11 is 0. The van der Waals surface area contributed by atoms with Gasteiger partial charge in [-0.25, -0.2) is 0 Å². The first-order valence-corrected chi connectivity index (χ1v) is 6.17. The molecule has 2 rings (SSSR count). The second-order valence-electron chi connectivity index (χ2n) is 4.45. The van der Waals surface area contributed by atoms with Gasteiger partial charge in [0.1, 0.15) is 0 Å². The standard InChI is InChI=1S/C14H19NO2/c1-17-14(16)11-13(15-9-5-6-10-15)12-7-3-2-4-8-12/h2-4,7-8,13H,5-6,9-11H2,1H3/t13-/m1/s1. The highest BCUT2D eigenvalue weighted by molar-refractivity contribution is 5.70. The van der Waals surface area contributed by atoms with Gasteiger partial charge < -0.3 is 4.74 Å². The fourth-order valence-electron chi connectivity index (χ4n) is 2.43. The van der Waals surface area contributed by atoms with Crippen molar-refractivity contribution in [2.24, 2.45) is 0 Å². The van der Waals surface area contributed by atoms with Crippen LogP contribution in [-0.2, 0) is 9.53 Å². The van der Waals surface area contributed by atoms with Crippen molar-refractivity contribution in [2.75, 3.05) is 20.2 Å². The zero-order valence-corrected chi connectivity index (χ0v) is 10.3. The molecule has 0 bridgehead atoms. The van der Waals surface area contributed by atoms with E-state index in [9.17, 15) is 4.79 Å². The van der Waals surface area contributed by atoms with E-state index in [-0.39, 0.29) is 12.0 Å². The molecule has 1 atom stereocenters. The monoisotopic (exact) mass is 233 g/mol. The third kappa shape index (κ3) is 3.07. The number of likely N-dealkylation sites (tertiary alicyclic amines) is 1. The van der Waals surface area contributed by atoms with Crippen molar-refractivity contribution < 1.29 is 9.53 Å². The van der Waals surface area contributed by atoms with Crippen LogP contribution in [0.5, 0.6) is 0 Å². The Balaban J connectivity index is 2.14. The Morgan fingerprint density at radius 3 is 2.53 bits per heavy atom. The lowest BCUT2D eigenvalue weighted by atomic mass is 10.0. The Bertz CT molecular complexity index is 358. The maximum atomic E-state index is 11.5. The van der Waals surface area contributed by atoms with Crippen molar-refractivity contribution in [3.05, 3.63) is 35.9 Å². The Morgan fingerprint density at radius 2 is 1.94 bits per heavy atom. The summed E-state index contributed by atoms with van der Waals surface area (Å²) in [5.74, 6) is -0.134. The minimum Gasteiger partial charge on any atom is -0.469 e. The molecule has 0 unspecified atom stereocenters. The van der Waals surface area contributed by atoms with E-state index in [1.807, 2.05) is 18.2 Å². The highest BCUT2D eigenvalue weighted by Gasteiger charge is 2.25. The van der Waals surface area contributed by atoms with E-state index in [0.29, 0.717) is 6.42 Å². The molecule has 0 amide bonds. The molecule has 1 aromatic carbocycles. The number of hydrogen-bond donors (Lipinski definition) is 0. The normalized spacial score (nSPS) is 17.9. The van der Waals surface area contributed by atoms with Crippen molar-refractivity contribution in [3.63, 3.8) is 0 Å². The first-order valence-electron chi connectivity index (χ1n) is 6.17. The maximum Gasteiger partial charge on any atom is 0.307 e. The van der Waals surface area contributed by atoms with Crippen molar-refractivity contribution in [1.82, 2.24) is 4.90 Å². The minimum atomic E-state index is -0.134. The van der Waals surface area contributed by atoms with Gasteiger partial charge in [0, 0.05) is 6.04 Å². The number of rotatable bonds is 4. The van der Waals surface area contributed by atoms with Crippen molar-refractivity contribution >= 4 is 5.97 Å². The van der Waals surface area contributed by atoms with Crippen LogP contribution in [0.25, 0.3) is 0 Å². The third-order valence-corrected chi connectivity index (χ3v) is 3.35. The Kier molecular flexibility index (Phi) is 4.15. The van der Waals surface area contributed by atoms with Crippen LogP contribution < -0.4 is 0 Å². The van der Waals surface area contributed by atoms with Gasteiger partial charge in [-0.3, -0.25) is 9.69 Å². The number of methoxy groups -OCH3 is 1. The lowest BCUT2D eigenvalue weighted by Gasteiger charge is -2.27. The van der Waals surface area contributed by atoms with Crippen LogP contribution in [-0.4, -0.2) is 31.1 Å². The predicted molar refractivity (Wildman–Crippen MR) is 66.6 cm³/mol. The molecule has 3 heteroatoms. The molecule has 0 radical (unpaired) electrons. The molecule has 1 aliphatic heterocycles. The van der Waals surface area contributed by atoms with E-state index in [2.05, 4.69) is 17.0 Å². The highest BCUT2D eigenvalue weighted by atomic mass is 16.5. The minimum absolute atomic E-state index is 0.134. The fourth-order valence-corrected chi connectivity index (χ4v) is 2.43. The number of nitrogens with zero attached hydrogens (tertiary/aromatic N) is 1. The van der Waals surface area contributed by atoms with Crippen LogP contribution in [0.3, 0.4) is 0 Å². The van der Waals surface area contributed by atoms with E-state index in [1.54, 1.807) is 0 Å². The summed E-state index contributed by atoms with van der Waals surface area (Å²) in [4.78, 5) is 13.9. The Morgan fingerprint density at radius 1 is 1.29 bits per heavy atom. The second kappa shape index (κ2) is 5.82. The van der Waals surface area contributed by atoms with Gasteiger partial charge in [0.05, 0.1) is 13.5 Å². The predicted octanol–water partition coefficient (Wildman–Crippen LogP) is 2.39. The Labute approximate surface area is 102 Å². The first kappa shape index (κ1) is 12.1. The van der Waals surface area contributed by atoms with Crippen molar-refractivity contribution in [3.8, 4) is 0 Å². The molecule has 1 saturated heterocycles. The van der Waals surface area contributed by atoms with Gasteiger partial charge in [-0.15, -0.1) is 0 Å². The third-order valence-electron chi connectivity index (χ3n) is 3.35. The lowest BCUT2D eigenvalue weighted by molar-refractivity contribution is -0.142. The van der Waals surface area contributed by atoms with Gasteiger partial charge in [-0.1, -0.05) is 30.3 Å². The molecule has 0 N–H and O–H groups in total. The molecule has 1 aromatic rings. The van der Waals surface area contributed by atoms with Gasteiger partial charge in [0.2, 0.25) is 0 Å². The van der Waals surface area contributed by atoms with Crippen LogP contribution in [0.15, 0.2) is 30.3 Å². The molecule has 0 spiro atoms. The average molecular weight is 233 g/mol. The first-order chi connectivity index (χ1) is 8.31. The molecule has 1 fully saturated rings. The van der Waals surface area contributed by atoms with Crippen molar-refractivity contribution in [2.45, 2.75) is 25.3 Å². The van der Waals surface area contributed by atoms with Crippen LogP contribution in [0.2, 0.25) is 0 Å². The number of hydrogen-bond acceptors (Lipinski definition) is 3. The summed E-state index contributed by atoms with van der Waals surface area (Å²) < 4.78 is 4.80. The molecule has 0 aromatic heterocycles. The molecule has 1 heterocycles. The lowest BCUT2D eigenvalue weighted by Crippen LogP contribution is -2.28. The number of carbonyl (C=O) groups excluding carboxylic acids is 1. The molecule has 3 nitrogen and oxygen atoms in total. The molecule has 0 saturated carbocycles. The zero-order valence-electron chi connectivity index (χ0n) is 10.3. The summed E-state index contributed by atoms with van der Waals surface area (Å²) in [5, 5.41) is 0. The SMILES string of the molecule is COC(=O)C[C@H](c1ccccc1)N1CCCC1. The van der Waals surface area contributed by atoms with Crippen LogP contribution in [0.1, 0.15) is 30.9 Å². The van der Waals surface area contributed by atoms with E-state index in [0.717, 1.165) is 13.1 Å². The topological polar surface area (TPSA) is 29.5 Å². The van der Waals surface area contributed by atoms with Gasteiger partial charge in [-0.2, -0.15) is 0 Å². The van der Waals surface area contributed by atoms with Gasteiger partial charge in [0.15, 0.2) is 0 Å². The summed E-state index contributed by atoms with van der Waals surface area (Å²) in [6, 6.07) is 10.4. The summed E-state index contributed by atoms with van der Waals surface area (Å²) in [5.41, 5.74) is 1.21. The maximum absolute atomic E-state index is 11.5. The quantitative estimate of drug-likeness (QED) is 0.748. The van der Waals surface area contributed by atoms with Crippen molar-refractivity contribution in [1.29, 1.82) is 0 Å². The van der Waals surface area contributed by atoms with E-state index < -0.39 is 0 Å². The molecule has 0 aliphatic carbocycles. The van der Waals surface area contributed by atoms with Crippen LogP contribution >= 0.6 is 0 Å². The smallest absolute Gasteiger partial charge is 0.307 e. The average Bonchev–Trinajstić information content (AvgIpc) is 2.90. The fraction of sp³-hybridized carbons (Fsp3) is 0.500. The molecule has 17 heavy (non-hydrogen) atoms. The molecular weight excluding hydrogens is 214 g/mol. The molecular formula is C14H19NO2. The van der Waals surface area contributed by atoms with Gasteiger partial charge in [0.25, 0.3) is 0 Å². The number of ether oxygens (including phenoxy) is 1. The van der Waals surface area contributed by atoms with Crippen LogP contribution in [0, 0.1) is 0 Å².